The van der Waals surface area contributed by atoms with Gasteiger partial charge in [0.05, 0.1) is 6.20 Å². The molecule has 1 atom stereocenters. The molecule has 1 aromatic heterocycles. The summed E-state index contributed by atoms with van der Waals surface area (Å²) < 4.78 is 43.2. The SMILES string of the molecule is O=C(N[C@@H](Cc1cn[nH]c1C(F)(F)F)C(=O)O)OCc1ccccc1. The number of hydrogen-bond donors (Lipinski definition) is 3. The molecule has 0 fully saturated rings. The molecule has 1 heterocycles. The van der Waals surface area contributed by atoms with Crippen LogP contribution in [0, 0.1) is 0 Å². The Morgan fingerprint density at radius 2 is 1.96 bits per heavy atom. The second-order valence-corrected chi connectivity index (χ2v) is 5.07. The molecule has 1 aromatic carbocycles. The fourth-order valence-corrected chi connectivity index (χ4v) is 2.04. The zero-order valence-corrected chi connectivity index (χ0v) is 12.7. The van der Waals surface area contributed by atoms with Crippen molar-refractivity contribution in [2.24, 2.45) is 0 Å². The van der Waals surface area contributed by atoms with Crippen molar-refractivity contribution < 1.29 is 32.6 Å². The zero-order chi connectivity index (χ0) is 18.4. The lowest BCUT2D eigenvalue weighted by Crippen LogP contribution is -2.42. The number of rotatable bonds is 6. The first-order chi connectivity index (χ1) is 11.8. The number of carbonyl (C=O) groups is 2. The predicted octanol–water partition coefficient (Wildman–Crippen LogP) is 2.35. The summed E-state index contributed by atoms with van der Waals surface area (Å²) in [7, 11) is 0. The standard InChI is InChI=1S/C15H14F3N3O4/c16-15(17,18)12-10(7-19-21-12)6-11(13(22)23)20-14(24)25-8-9-4-2-1-3-5-9/h1-5,7,11H,6,8H2,(H,19,21)(H,20,24)(H,22,23)/t11-/m0/s1. The van der Waals surface area contributed by atoms with Crippen LogP contribution in [0.2, 0.25) is 0 Å². The average molecular weight is 357 g/mol. The highest BCUT2D eigenvalue weighted by Gasteiger charge is 2.36. The highest BCUT2D eigenvalue weighted by molar-refractivity contribution is 5.80. The number of ether oxygens (including phenoxy) is 1. The van der Waals surface area contributed by atoms with Crippen molar-refractivity contribution in [2.75, 3.05) is 0 Å². The van der Waals surface area contributed by atoms with Gasteiger partial charge < -0.3 is 15.2 Å². The van der Waals surface area contributed by atoms with E-state index < -0.39 is 36.4 Å². The van der Waals surface area contributed by atoms with Crippen molar-refractivity contribution in [3.8, 4) is 0 Å². The summed E-state index contributed by atoms with van der Waals surface area (Å²) in [5.41, 5.74) is -0.847. The molecular formula is C15H14F3N3O4. The first-order valence-electron chi connectivity index (χ1n) is 7.07. The van der Waals surface area contributed by atoms with Crippen molar-refractivity contribution >= 4 is 12.1 Å². The smallest absolute Gasteiger partial charge is 0.433 e. The van der Waals surface area contributed by atoms with E-state index in [9.17, 15) is 22.8 Å². The van der Waals surface area contributed by atoms with E-state index in [1.807, 2.05) is 5.32 Å². The molecule has 2 aromatic rings. The van der Waals surface area contributed by atoms with Crippen LogP contribution in [0.5, 0.6) is 0 Å². The number of carboxylic acid groups (broad SMARTS) is 1. The van der Waals surface area contributed by atoms with Gasteiger partial charge >= 0.3 is 18.2 Å². The molecule has 7 nitrogen and oxygen atoms in total. The summed E-state index contributed by atoms with van der Waals surface area (Å²) in [6, 6.07) is 7.03. The molecule has 0 aliphatic rings. The number of halogens is 3. The van der Waals surface area contributed by atoms with E-state index in [-0.39, 0.29) is 12.2 Å². The fraction of sp³-hybridized carbons (Fsp3) is 0.267. The van der Waals surface area contributed by atoms with Crippen LogP contribution >= 0.6 is 0 Å². The van der Waals surface area contributed by atoms with Gasteiger partial charge in [-0.2, -0.15) is 18.3 Å². The monoisotopic (exact) mass is 357 g/mol. The Balaban J connectivity index is 1.98. The minimum absolute atomic E-state index is 0.0987. The van der Waals surface area contributed by atoms with E-state index in [4.69, 9.17) is 9.84 Å². The molecule has 3 N–H and O–H groups in total. The number of aliphatic carboxylic acids is 1. The van der Waals surface area contributed by atoms with Gasteiger partial charge in [-0.3, -0.25) is 5.10 Å². The van der Waals surface area contributed by atoms with Crippen molar-refractivity contribution in [1.29, 1.82) is 0 Å². The first kappa shape index (κ1) is 18.3. The van der Waals surface area contributed by atoms with Gasteiger partial charge in [0.15, 0.2) is 0 Å². The van der Waals surface area contributed by atoms with Gasteiger partial charge in [0.25, 0.3) is 0 Å². The Morgan fingerprint density at radius 1 is 1.28 bits per heavy atom. The largest absolute Gasteiger partial charge is 0.480 e. The maximum Gasteiger partial charge on any atom is 0.433 e. The highest BCUT2D eigenvalue weighted by Crippen LogP contribution is 2.30. The van der Waals surface area contributed by atoms with Crippen LogP contribution in [0.1, 0.15) is 16.8 Å². The van der Waals surface area contributed by atoms with Gasteiger partial charge in [-0.15, -0.1) is 0 Å². The van der Waals surface area contributed by atoms with Crippen LogP contribution in [-0.4, -0.2) is 33.4 Å². The summed E-state index contributed by atoms with van der Waals surface area (Å²) in [6.45, 7) is -0.0987. The summed E-state index contributed by atoms with van der Waals surface area (Å²) in [6.07, 6.45) is -5.48. The molecule has 0 aliphatic heterocycles. The molecule has 0 spiro atoms. The van der Waals surface area contributed by atoms with Gasteiger partial charge in [0, 0.05) is 12.0 Å². The van der Waals surface area contributed by atoms with E-state index >= 15 is 0 Å². The molecule has 0 unspecified atom stereocenters. The van der Waals surface area contributed by atoms with Crippen molar-refractivity contribution in [2.45, 2.75) is 25.2 Å². The Labute approximate surface area is 139 Å². The number of aromatic nitrogens is 2. The highest BCUT2D eigenvalue weighted by atomic mass is 19.4. The number of alkyl carbamates (subject to hydrolysis) is 1. The lowest BCUT2D eigenvalue weighted by atomic mass is 10.1. The van der Waals surface area contributed by atoms with E-state index in [0.29, 0.717) is 5.56 Å². The van der Waals surface area contributed by atoms with E-state index in [1.54, 1.807) is 35.4 Å². The topological polar surface area (TPSA) is 104 Å². The molecule has 0 saturated carbocycles. The Morgan fingerprint density at radius 3 is 2.56 bits per heavy atom. The van der Waals surface area contributed by atoms with Gasteiger partial charge in [-0.05, 0) is 5.56 Å². The number of amides is 1. The van der Waals surface area contributed by atoms with Crippen LogP contribution in [0.4, 0.5) is 18.0 Å². The zero-order valence-electron chi connectivity index (χ0n) is 12.7. The molecule has 25 heavy (non-hydrogen) atoms. The van der Waals surface area contributed by atoms with Crippen molar-refractivity contribution in [3.05, 3.63) is 53.3 Å². The molecule has 134 valence electrons. The predicted molar refractivity (Wildman–Crippen MR) is 78.5 cm³/mol. The quantitative estimate of drug-likeness (QED) is 0.736. The van der Waals surface area contributed by atoms with Crippen LogP contribution in [0.25, 0.3) is 0 Å². The lowest BCUT2D eigenvalue weighted by Gasteiger charge is -2.15. The average Bonchev–Trinajstić information content (AvgIpc) is 3.02. The molecule has 10 heteroatoms. The molecule has 0 saturated heterocycles. The van der Waals surface area contributed by atoms with Gasteiger partial charge in [0.1, 0.15) is 18.3 Å². The number of aromatic amines is 1. The second kappa shape index (κ2) is 7.69. The number of carbonyl (C=O) groups excluding carboxylic acids is 1. The molecular weight excluding hydrogens is 343 g/mol. The van der Waals surface area contributed by atoms with Crippen LogP contribution in [-0.2, 0) is 28.7 Å². The summed E-state index contributed by atoms with van der Waals surface area (Å²) in [5.74, 6) is -1.49. The fourth-order valence-electron chi connectivity index (χ4n) is 2.04. The van der Waals surface area contributed by atoms with E-state index in [2.05, 4.69) is 5.10 Å². The van der Waals surface area contributed by atoms with Gasteiger partial charge in [0.2, 0.25) is 0 Å². The minimum Gasteiger partial charge on any atom is -0.480 e. The number of hydrogen-bond acceptors (Lipinski definition) is 4. The number of carboxylic acids is 1. The second-order valence-electron chi connectivity index (χ2n) is 5.07. The lowest BCUT2D eigenvalue weighted by molar-refractivity contribution is -0.143. The molecule has 0 radical (unpaired) electrons. The number of nitrogens with zero attached hydrogens (tertiary/aromatic N) is 1. The van der Waals surface area contributed by atoms with Crippen molar-refractivity contribution in [1.82, 2.24) is 15.5 Å². The van der Waals surface area contributed by atoms with Gasteiger partial charge in [-0.1, -0.05) is 30.3 Å². The third kappa shape index (κ3) is 5.23. The molecule has 2 rings (SSSR count). The maximum atomic E-state index is 12.8. The molecule has 0 bridgehead atoms. The first-order valence-corrected chi connectivity index (χ1v) is 7.07. The van der Waals surface area contributed by atoms with Crippen LogP contribution < -0.4 is 5.32 Å². The summed E-state index contributed by atoms with van der Waals surface area (Å²) >= 11 is 0. The molecule has 0 aliphatic carbocycles. The van der Waals surface area contributed by atoms with Crippen molar-refractivity contribution in [3.63, 3.8) is 0 Å². The van der Waals surface area contributed by atoms with Crippen LogP contribution in [0.3, 0.4) is 0 Å². The number of alkyl halides is 3. The third-order valence-corrected chi connectivity index (χ3v) is 3.23. The minimum atomic E-state index is -4.71. The number of H-pyrrole nitrogens is 1. The number of nitrogens with one attached hydrogen (secondary N) is 2. The maximum absolute atomic E-state index is 12.8. The Bertz CT molecular complexity index is 731. The van der Waals surface area contributed by atoms with Crippen LogP contribution in [0.15, 0.2) is 36.5 Å². The summed E-state index contributed by atoms with van der Waals surface area (Å²) in [4.78, 5) is 22.9. The van der Waals surface area contributed by atoms with E-state index in [1.165, 1.54) is 0 Å². The van der Waals surface area contributed by atoms with Gasteiger partial charge in [-0.25, -0.2) is 9.59 Å². The number of benzene rings is 1. The molecule has 1 amide bonds. The Hall–Kier alpha value is -3.04. The Kier molecular flexibility index (Phi) is 5.63. The third-order valence-electron chi connectivity index (χ3n) is 3.23. The normalized spacial score (nSPS) is 12.4. The summed E-state index contributed by atoms with van der Waals surface area (Å²) in [5, 5.41) is 16.2. The van der Waals surface area contributed by atoms with E-state index in [0.717, 1.165) is 6.20 Å².